The molecule has 0 unspecified atom stereocenters. The minimum Gasteiger partial charge on any atom is -0.339 e. The number of amides is 1. The third-order valence-corrected chi connectivity index (χ3v) is 6.66. The van der Waals surface area contributed by atoms with Crippen molar-refractivity contribution in [3.8, 4) is 0 Å². The summed E-state index contributed by atoms with van der Waals surface area (Å²) < 4.78 is 0. The zero-order valence-electron chi connectivity index (χ0n) is 20.0. The van der Waals surface area contributed by atoms with E-state index in [1.165, 1.54) is 23.1 Å². The molecule has 1 aliphatic heterocycles. The highest BCUT2D eigenvalue weighted by Crippen LogP contribution is 2.13. The van der Waals surface area contributed by atoms with E-state index in [-0.39, 0.29) is 11.9 Å². The second-order valence-electron chi connectivity index (χ2n) is 9.25. The first-order valence-corrected chi connectivity index (χ1v) is 12.7. The molecule has 0 spiro atoms. The first-order chi connectivity index (χ1) is 16.8. The fourth-order valence-corrected chi connectivity index (χ4v) is 4.73. The fraction of sp³-hybridized carbons (Fsp3) is 0.367. The number of benzene rings is 3. The van der Waals surface area contributed by atoms with E-state index in [0.29, 0.717) is 12.5 Å². The highest BCUT2D eigenvalue weighted by molar-refractivity contribution is 5.82. The van der Waals surface area contributed by atoms with Crippen LogP contribution in [0.5, 0.6) is 0 Å². The fourth-order valence-electron chi connectivity index (χ4n) is 4.73. The van der Waals surface area contributed by atoms with E-state index in [2.05, 4.69) is 88.3 Å². The third kappa shape index (κ3) is 7.54. The van der Waals surface area contributed by atoms with Gasteiger partial charge in [-0.3, -0.25) is 4.79 Å². The SMILES string of the molecule is O=C([C@@H](Cc1ccccc1)NCCc1ccccc1)N(CCc1ccccc1)C[C@@H]1CCCN1. The molecule has 1 amide bonds. The molecule has 0 bridgehead atoms. The predicted octanol–water partition coefficient (Wildman–Crippen LogP) is 4.25. The van der Waals surface area contributed by atoms with Crippen LogP contribution in [0.15, 0.2) is 91.0 Å². The van der Waals surface area contributed by atoms with Crippen LogP contribution in [0.4, 0.5) is 0 Å². The molecular formula is C30H37N3O. The van der Waals surface area contributed by atoms with Gasteiger partial charge in [0.25, 0.3) is 0 Å². The molecule has 1 saturated heterocycles. The summed E-state index contributed by atoms with van der Waals surface area (Å²) in [5, 5.41) is 7.19. The molecule has 1 heterocycles. The predicted molar refractivity (Wildman–Crippen MR) is 140 cm³/mol. The standard InChI is InChI=1S/C30H37N3O/c34-30(33(24-28-17-10-20-31-28)22-19-26-13-6-2-7-14-26)29(23-27-15-8-3-9-16-27)32-21-18-25-11-4-1-5-12-25/h1-9,11-16,28-29,31-32H,10,17-24H2/t28-,29+/m0/s1. The van der Waals surface area contributed by atoms with Crippen LogP contribution in [0.3, 0.4) is 0 Å². The van der Waals surface area contributed by atoms with Crippen molar-refractivity contribution in [1.29, 1.82) is 0 Å². The number of hydrogen-bond donors (Lipinski definition) is 2. The Kier molecular flexibility index (Phi) is 9.30. The van der Waals surface area contributed by atoms with E-state index in [1.807, 2.05) is 18.2 Å². The van der Waals surface area contributed by atoms with Crippen LogP contribution in [0, 0.1) is 0 Å². The zero-order chi connectivity index (χ0) is 23.4. The molecule has 4 rings (SSSR count). The summed E-state index contributed by atoms with van der Waals surface area (Å²) in [6.07, 6.45) is 4.82. The van der Waals surface area contributed by atoms with Crippen LogP contribution < -0.4 is 10.6 Å². The van der Waals surface area contributed by atoms with E-state index >= 15 is 0 Å². The maximum Gasteiger partial charge on any atom is 0.240 e. The number of hydrogen-bond acceptors (Lipinski definition) is 3. The van der Waals surface area contributed by atoms with Crippen LogP contribution in [-0.2, 0) is 24.1 Å². The lowest BCUT2D eigenvalue weighted by molar-refractivity contribution is -0.133. The molecule has 0 saturated carbocycles. The Balaban J connectivity index is 1.46. The molecule has 0 aromatic heterocycles. The number of rotatable bonds is 12. The molecule has 1 fully saturated rings. The van der Waals surface area contributed by atoms with Gasteiger partial charge < -0.3 is 15.5 Å². The molecule has 2 N–H and O–H groups in total. The van der Waals surface area contributed by atoms with E-state index < -0.39 is 0 Å². The van der Waals surface area contributed by atoms with Crippen molar-refractivity contribution in [2.45, 2.75) is 44.2 Å². The number of carbonyl (C=O) groups is 1. The van der Waals surface area contributed by atoms with Crippen molar-refractivity contribution in [3.05, 3.63) is 108 Å². The van der Waals surface area contributed by atoms with Crippen molar-refractivity contribution in [1.82, 2.24) is 15.5 Å². The van der Waals surface area contributed by atoms with E-state index in [1.54, 1.807) is 0 Å². The van der Waals surface area contributed by atoms with Crippen molar-refractivity contribution in [2.24, 2.45) is 0 Å². The smallest absolute Gasteiger partial charge is 0.240 e. The van der Waals surface area contributed by atoms with Crippen molar-refractivity contribution in [3.63, 3.8) is 0 Å². The average molecular weight is 456 g/mol. The lowest BCUT2D eigenvalue weighted by Crippen LogP contribution is -2.51. The summed E-state index contributed by atoms with van der Waals surface area (Å²) in [4.78, 5) is 16.0. The topological polar surface area (TPSA) is 44.4 Å². The Morgan fingerprint density at radius 3 is 2.03 bits per heavy atom. The highest BCUT2D eigenvalue weighted by Gasteiger charge is 2.27. The summed E-state index contributed by atoms with van der Waals surface area (Å²) >= 11 is 0. The van der Waals surface area contributed by atoms with Crippen molar-refractivity contribution >= 4 is 5.91 Å². The van der Waals surface area contributed by atoms with E-state index in [9.17, 15) is 4.79 Å². The van der Waals surface area contributed by atoms with Crippen LogP contribution in [0.25, 0.3) is 0 Å². The molecule has 3 aromatic rings. The van der Waals surface area contributed by atoms with Gasteiger partial charge in [-0.05, 0) is 61.9 Å². The van der Waals surface area contributed by atoms with Gasteiger partial charge in [-0.15, -0.1) is 0 Å². The maximum absolute atomic E-state index is 13.9. The molecule has 1 aliphatic rings. The second-order valence-corrected chi connectivity index (χ2v) is 9.25. The quantitative estimate of drug-likeness (QED) is 0.429. The molecule has 4 heteroatoms. The number of nitrogens with one attached hydrogen (secondary N) is 2. The van der Waals surface area contributed by atoms with Crippen LogP contribution in [0.1, 0.15) is 29.5 Å². The van der Waals surface area contributed by atoms with Gasteiger partial charge in [0.15, 0.2) is 0 Å². The molecule has 0 aliphatic carbocycles. The molecule has 178 valence electrons. The molecule has 2 atom stereocenters. The first-order valence-electron chi connectivity index (χ1n) is 12.7. The minimum atomic E-state index is -0.233. The molecule has 3 aromatic carbocycles. The summed E-state index contributed by atoms with van der Waals surface area (Å²) in [6, 6.07) is 31.5. The Hall–Kier alpha value is -2.95. The summed E-state index contributed by atoms with van der Waals surface area (Å²) in [5.74, 6) is 0.210. The minimum absolute atomic E-state index is 0.210. The maximum atomic E-state index is 13.9. The molecular weight excluding hydrogens is 418 g/mol. The van der Waals surface area contributed by atoms with Gasteiger partial charge >= 0.3 is 0 Å². The second kappa shape index (κ2) is 13.1. The lowest BCUT2D eigenvalue weighted by atomic mass is 10.0. The zero-order valence-corrected chi connectivity index (χ0v) is 20.0. The van der Waals surface area contributed by atoms with Gasteiger partial charge in [0.2, 0.25) is 5.91 Å². The largest absolute Gasteiger partial charge is 0.339 e. The lowest BCUT2D eigenvalue weighted by Gasteiger charge is -2.30. The van der Waals surface area contributed by atoms with Crippen molar-refractivity contribution < 1.29 is 4.79 Å². The van der Waals surface area contributed by atoms with Gasteiger partial charge in [-0.2, -0.15) is 0 Å². The van der Waals surface area contributed by atoms with Crippen LogP contribution >= 0.6 is 0 Å². The van der Waals surface area contributed by atoms with Gasteiger partial charge in [-0.1, -0.05) is 91.0 Å². The van der Waals surface area contributed by atoms with Crippen molar-refractivity contribution in [2.75, 3.05) is 26.2 Å². The van der Waals surface area contributed by atoms with Gasteiger partial charge in [-0.25, -0.2) is 0 Å². The highest BCUT2D eigenvalue weighted by atomic mass is 16.2. The van der Waals surface area contributed by atoms with E-state index in [4.69, 9.17) is 0 Å². The summed E-state index contributed by atoms with van der Waals surface area (Å²) in [5.41, 5.74) is 3.75. The Morgan fingerprint density at radius 1 is 0.853 bits per heavy atom. The monoisotopic (exact) mass is 455 g/mol. The van der Waals surface area contributed by atoms with Crippen LogP contribution in [0.2, 0.25) is 0 Å². The molecule has 4 nitrogen and oxygen atoms in total. The van der Waals surface area contributed by atoms with Gasteiger partial charge in [0.1, 0.15) is 0 Å². The Morgan fingerprint density at radius 2 is 1.44 bits per heavy atom. The molecule has 34 heavy (non-hydrogen) atoms. The normalized spacial score (nSPS) is 16.3. The van der Waals surface area contributed by atoms with Crippen LogP contribution in [-0.4, -0.2) is 49.1 Å². The Labute approximate surface area is 204 Å². The van der Waals surface area contributed by atoms with E-state index in [0.717, 1.165) is 45.4 Å². The number of carbonyl (C=O) groups excluding carboxylic acids is 1. The first kappa shape index (κ1) is 24.2. The summed E-state index contributed by atoms with van der Waals surface area (Å²) in [6.45, 7) is 3.35. The third-order valence-electron chi connectivity index (χ3n) is 6.66. The summed E-state index contributed by atoms with van der Waals surface area (Å²) in [7, 11) is 0. The average Bonchev–Trinajstić information content (AvgIpc) is 3.41. The molecule has 0 radical (unpaired) electrons. The van der Waals surface area contributed by atoms with Gasteiger partial charge in [0.05, 0.1) is 6.04 Å². The van der Waals surface area contributed by atoms with Gasteiger partial charge in [0, 0.05) is 19.1 Å². The Bertz CT molecular complexity index is 972. The number of nitrogens with zero attached hydrogens (tertiary/aromatic N) is 1.